The molecule has 0 aliphatic rings. The number of aliphatic hydroxyl groups excluding tert-OH is 1. The highest BCUT2D eigenvalue weighted by atomic mass is 16.3. The molecule has 1 atom stereocenters. The number of aromatic nitrogens is 2. The molecule has 1 heterocycles. The molecule has 0 spiro atoms. The van der Waals surface area contributed by atoms with E-state index in [1.807, 2.05) is 17.9 Å². The molecule has 0 aromatic carbocycles. The molecule has 0 amide bonds. The molecular weight excluding hydrogens is 214 g/mol. The lowest BCUT2D eigenvalue weighted by Gasteiger charge is -2.26. The minimum Gasteiger partial charge on any atom is -0.396 e. The van der Waals surface area contributed by atoms with Gasteiger partial charge in [-0.1, -0.05) is 13.8 Å². The maximum Gasteiger partial charge on any atom is 0.0540 e. The molecule has 0 aliphatic heterocycles. The molecule has 1 rings (SSSR count). The normalized spacial score (nSPS) is 14.0. The Morgan fingerprint density at radius 2 is 2.18 bits per heavy atom. The van der Waals surface area contributed by atoms with Gasteiger partial charge in [-0.15, -0.1) is 0 Å². The predicted molar refractivity (Wildman–Crippen MR) is 69.8 cm³/mol. The molecule has 2 N–H and O–H groups in total. The Labute approximate surface area is 104 Å². The largest absolute Gasteiger partial charge is 0.396 e. The third kappa shape index (κ3) is 3.82. The lowest BCUT2D eigenvalue weighted by molar-refractivity contribution is 0.203. The molecule has 0 saturated heterocycles. The molecule has 98 valence electrons. The minimum absolute atomic E-state index is 0.124. The summed E-state index contributed by atoms with van der Waals surface area (Å²) in [5.74, 6) is 0. The van der Waals surface area contributed by atoms with E-state index in [-0.39, 0.29) is 12.0 Å². The van der Waals surface area contributed by atoms with Gasteiger partial charge in [-0.2, -0.15) is 5.10 Å². The van der Waals surface area contributed by atoms with Crippen molar-refractivity contribution in [1.29, 1.82) is 0 Å². The molecular formula is C13H25N3O. The summed E-state index contributed by atoms with van der Waals surface area (Å²) in [4.78, 5) is 0. The lowest BCUT2D eigenvalue weighted by Crippen LogP contribution is -2.32. The molecule has 0 aliphatic carbocycles. The van der Waals surface area contributed by atoms with Gasteiger partial charge in [0, 0.05) is 37.5 Å². The highest BCUT2D eigenvalue weighted by Crippen LogP contribution is 2.21. The molecule has 4 heteroatoms. The standard InChI is InChI=1S/C13H25N3O/c1-10(12-8-15-16(5)11(12)2)14-9-13(3,4)6-7-17/h8,10,14,17H,6-7,9H2,1-5H3. The van der Waals surface area contributed by atoms with Gasteiger partial charge in [0.05, 0.1) is 6.20 Å². The number of hydrogen-bond acceptors (Lipinski definition) is 3. The Morgan fingerprint density at radius 1 is 1.53 bits per heavy atom. The molecule has 0 bridgehead atoms. The minimum atomic E-state index is 0.124. The third-order valence-corrected chi connectivity index (χ3v) is 3.42. The van der Waals surface area contributed by atoms with E-state index in [0.29, 0.717) is 6.04 Å². The molecule has 4 nitrogen and oxygen atoms in total. The van der Waals surface area contributed by atoms with E-state index in [0.717, 1.165) is 13.0 Å². The average Bonchev–Trinajstić information content (AvgIpc) is 2.57. The van der Waals surface area contributed by atoms with Gasteiger partial charge in [-0.3, -0.25) is 4.68 Å². The van der Waals surface area contributed by atoms with E-state index in [1.165, 1.54) is 11.3 Å². The first-order valence-electron chi connectivity index (χ1n) is 6.20. The number of hydrogen-bond donors (Lipinski definition) is 2. The predicted octanol–water partition coefficient (Wildman–Crippen LogP) is 1.79. The third-order valence-electron chi connectivity index (χ3n) is 3.42. The molecule has 1 aromatic rings. The van der Waals surface area contributed by atoms with Crippen molar-refractivity contribution >= 4 is 0 Å². The second-order valence-electron chi connectivity index (χ2n) is 5.55. The van der Waals surface area contributed by atoms with Crippen molar-refractivity contribution in [3.05, 3.63) is 17.5 Å². The van der Waals surface area contributed by atoms with Gasteiger partial charge in [-0.25, -0.2) is 0 Å². The fourth-order valence-corrected chi connectivity index (χ4v) is 1.87. The summed E-state index contributed by atoms with van der Waals surface area (Å²) < 4.78 is 1.90. The van der Waals surface area contributed by atoms with Gasteiger partial charge >= 0.3 is 0 Å². The van der Waals surface area contributed by atoms with E-state index in [2.05, 4.69) is 38.1 Å². The number of aliphatic hydroxyl groups is 1. The van der Waals surface area contributed by atoms with Gasteiger partial charge in [-0.05, 0) is 25.7 Å². The number of nitrogens with one attached hydrogen (secondary N) is 1. The van der Waals surface area contributed by atoms with Crippen LogP contribution >= 0.6 is 0 Å². The zero-order valence-corrected chi connectivity index (χ0v) is 11.6. The first kappa shape index (κ1) is 14.2. The number of nitrogens with zero attached hydrogens (tertiary/aromatic N) is 2. The second-order valence-corrected chi connectivity index (χ2v) is 5.55. The summed E-state index contributed by atoms with van der Waals surface area (Å²) in [5, 5.41) is 16.8. The summed E-state index contributed by atoms with van der Waals surface area (Å²) in [6.07, 6.45) is 2.74. The number of aryl methyl sites for hydroxylation is 1. The van der Waals surface area contributed by atoms with Crippen LogP contribution in [0.4, 0.5) is 0 Å². The highest BCUT2D eigenvalue weighted by molar-refractivity contribution is 5.19. The van der Waals surface area contributed by atoms with Crippen LogP contribution in [0.2, 0.25) is 0 Å². The van der Waals surface area contributed by atoms with Gasteiger partial charge in [0.25, 0.3) is 0 Å². The maximum absolute atomic E-state index is 8.99. The number of rotatable bonds is 6. The van der Waals surface area contributed by atoms with Crippen molar-refractivity contribution in [2.75, 3.05) is 13.2 Å². The summed E-state index contributed by atoms with van der Waals surface area (Å²) in [5.41, 5.74) is 2.57. The van der Waals surface area contributed by atoms with Crippen LogP contribution < -0.4 is 5.32 Å². The van der Waals surface area contributed by atoms with Crippen molar-refractivity contribution in [2.45, 2.75) is 40.2 Å². The quantitative estimate of drug-likeness (QED) is 0.795. The lowest BCUT2D eigenvalue weighted by atomic mass is 9.89. The second kappa shape index (κ2) is 5.65. The Hall–Kier alpha value is -0.870. The van der Waals surface area contributed by atoms with E-state index < -0.39 is 0 Å². The van der Waals surface area contributed by atoms with Crippen LogP contribution in [0.1, 0.15) is 44.5 Å². The van der Waals surface area contributed by atoms with Crippen molar-refractivity contribution in [3.63, 3.8) is 0 Å². The van der Waals surface area contributed by atoms with Gasteiger partial charge < -0.3 is 10.4 Å². The van der Waals surface area contributed by atoms with Crippen LogP contribution in [-0.2, 0) is 7.05 Å². The van der Waals surface area contributed by atoms with Gasteiger partial charge in [0.15, 0.2) is 0 Å². The Balaban J connectivity index is 2.56. The zero-order valence-electron chi connectivity index (χ0n) is 11.6. The van der Waals surface area contributed by atoms with E-state index >= 15 is 0 Å². The first-order valence-corrected chi connectivity index (χ1v) is 6.20. The Kier molecular flexibility index (Phi) is 4.71. The first-order chi connectivity index (χ1) is 7.87. The van der Waals surface area contributed by atoms with Crippen LogP contribution in [0.5, 0.6) is 0 Å². The van der Waals surface area contributed by atoms with E-state index in [4.69, 9.17) is 5.11 Å². The van der Waals surface area contributed by atoms with E-state index in [9.17, 15) is 0 Å². The van der Waals surface area contributed by atoms with Crippen LogP contribution in [0.25, 0.3) is 0 Å². The Bertz CT molecular complexity index is 358. The molecule has 1 aromatic heterocycles. The van der Waals surface area contributed by atoms with Gasteiger partial charge in [0.2, 0.25) is 0 Å². The van der Waals surface area contributed by atoms with Crippen LogP contribution in [0, 0.1) is 12.3 Å². The summed E-state index contributed by atoms with van der Waals surface area (Å²) in [6, 6.07) is 0.293. The van der Waals surface area contributed by atoms with Gasteiger partial charge in [0.1, 0.15) is 0 Å². The molecule has 0 saturated carbocycles. The van der Waals surface area contributed by atoms with Crippen LogP contribution in [0.3, 0.4) is 0 Å². The Morgan fingerprint density at radius 3 is 2.65 bits per heavy atom. The monoisotopic (exact) mass is 239 g/mol. The summed E-state index contributed by atoms with van der Waals surface area (Å²) in [7, 11) is 1.96. The summed E-state index contributed by atoms with van der Waals surface area (Å²) >= 11 is 0. The SMILES string of the molecule is Cc1c(C(C)NCC(C)(C)CCO)cnn1C. The molecule has 17 heavy (non-hydrogen) atoms. The highest BCUT2D eigenvalue weighted by Gasteiger charge is 2.19. The molecule has 0 fully saturated rings. The molecule has 1 unspecified atom stereocenters. The topological polar surface area (TPSA) is 50.1 Å². The van der Waals surface area contributed by atoms with E-state index in [1.54, 1.807) is 0 Å². The average molecular weight is 239 g/mol. The smallest absolute Gasteiger partial charge is 0.0540 e. The van der Waals surface area contributed by atoms with Crippen molar-refractivity contribution in [2.24, 2.45) is 12.5 Å². The van der Waals surface area contributed by atoms with Crippen molar-refractivity contribution in [3.8, 4) is 0 Å². The zero-order chi connectivity index (χ0) is 13.1. The fraction of sp³-hybridized carbons (Fsp3) is 0.769. The fourth-order valence-electron chi connectivity index (χ4n) is 1.87. The maximum atomic E-state index is 8.99. The van der Waals surface area contributed by atoms with Crippen molar-refractivity contribution in [1.82, 2.24) is 15.1 Å². The van der Waals surface area contributed by atoms with Crippen molar-refractivity contribution < 1.29 is 5.11 Å². The molecule has 0 radical (unpaired) electrons. The summed E-state index contributed by atoms with van der Waals surface area (Å²) in [6.45, 7) is 9.70. The van der Waals surface area contributed by atoms with Crippen LogP contribution in [-0.4, -0.2) is 28.0 Å². The van der Waals surface area contributed by atoms with Crippen LogP contribution in [0.15, 0.2) is 6.20 Å².